The Hall–Kier alpha value is -5.66. The molecule has 2 saturated carbocycles. The van der Waals surface area contributed by atoms with Crippen LogP contribution in [0.25, 0.3) is 22.3 Å². The summed E-state index contributed by atoms with van der Waals surface area (Å²) in [5.41, 5.74) is -0.796. The zero-order valence-corrected chi connectivity index (χ0v) is 36.1. The number of ether oxygens (including phenoxy) is 1. The molecule has 322 valence electrons. The van der Waals surface area contributed by atoms with Crippen molar-refractivity contribution in [2.24, 2.45) is 11.3 Å². The van der Waals surface area contributed by atoms with Gasteiger partial charge in [0.15, 0.2) is 0 Å². The fourth-order valence-corrected chi connectivity index (χ4v) is 10.4. The summed E-state index contributed by atoms with van der Waals surface area (Å²) in [6, 6.07) is 4.60. The molecule has 5 atom stereocenters. The van der Waals surface area contributed by atoms with Gasteiger partial charge in [0.1, 0.15) is 23.7 Å². The number of hydrogen-bond acceptors (Lipinski definition) is 12. The second-order valence-electron chi connectivity index (χ2n) is 16.6. The number of sulfonamides is 1. The highest BCUT2D eigenvalue weighted by molar-refractivity contribution is 7.90. The van der Waals surface area contributed by atoms with Crippen molar-refractivity contribution in [2.75, 3.05) is 6.54 Å². The van der Waals surface area contributed by atoms with Crippen molar-refractivity contribution in [3.05, 3.63) is 92.7 Å². The molecule has 4 aromatic rings. The Kier molecular flexibility index (Phi) is 12.1. The standard InChI is InChI=1S/C42H46N6O10S3/c1-5-27-19-42(27,39(54)46-61(56,57)30-12-10-24(11-13-30)38(52)53)45-35(49)32-18-28(21-47(32)37(51)34(41(2,3)4)44-40(55)58-29-8-6-7-9-29)48-36(50)33(26-15-17-60-23-26)31(20-43-48)25-14-16-59-22-25/h5,10-17,20,22-23,27-29,32,34H,1,6-9,18-19,21H2,2-4H3,(H,44,55)(H,45,49)(H,46,54)(H,52,53)/t27-,28-,32+,34-,42-/m1/s1. The van der Waals surface area contributed by atoms with Gasteiger partial charge in [0, 0.05) is 24.4 Å². The number of carbonyl (C=O) groups excluding carboxylic acids is 4. The average molecular weight is 891 g/mol. The van der Waals surface area contributed by atoms with Crippen LogP contribution < -0.4 is 20.9 Å². The van der Waals surface area contributed by atoms with E-state index in [0.29, 0.717) is 29.5 Å². The van der Waals surface area contributed by atoms with Gasteiger partial charge in [0.2, 0.25) is 11.8 Å². The van der Waals surface area contributed by atoms with Crippen molar-refractivity contribution in [1.82, 2.24) is 30.0 Å². The van der Waals surface area contributed by atoms with Crippen LogP contribution in [0, 0.1) is 11.3 Å². The summed E-state index contributed by atoms with van der Waals surface area (Å²) < 4.78 is 35.6. The summed E-state index contributed by atoms with van der Waals surface area (Å²) in [4.78, 5) is 83.3. The summed E-state index contributed by atoms with van der Waals surface area (Å²) in [6.07, 6.45) is 5.04. The Morgan fingerprint density at radius 3 is 2.25 bits per heavy atom. The van der Waals surface area contributed by atoms with Gasteiger partial charge in [-0.25, -0.2) is 27.4 Å². The number of carboxylic acid groups (broad SMARTS) is 1. The molecule has 4 N–H and O–H groups in total. The maximum Gasteiger partial charge on any atom is 0.408 e. The van der Waals surface area contributed by atoms with Crippen LogP contribution in [0.2, 0.25) is 0 Å². The van der Waals surface area contributed by atoms with Gasteiger partial charge >= 0.3 is 12.1 Å². The zero-order chi connectivity index (χ0) is 43.9. The minimum Gasteiger partial charge on any atom is -0.478 e. The van der Waals surface area contributed by atoms with E-state index in [1.807, 2.05) is 38.4 Å². The van der Waals surface area contributed by atoms with E-state index < -0.39 is 80.4 Å². The number of aromatic nitrogens is 2. The largest absolute Gasteiger partial charge is 0.478 e. The van der Waals surface area contributed by atoms with Crippen LogP contribution in [0.1, 0.15) is 75.7 Å². The van der Waals surface area contributed by atoms with Crippen molar-refractivity contribution in [3.8, 4) is 22.3 Å². The number of nitrogens with zero attached hydrogens (tertiary/aromatic N) is 3. The van der Waals surface area contributed by atoms with Gasteiger partial charge in [-0.15, -0.1) is 6.58 Å². The minimum absolute atomic E-state index is 0.0140. The summed E-state index contributed by atoms with van der Waals surface area (Å²) in [5.74, 6) is -4.47. The SMILES string of the molecule is C=C[C@@H]1C[C@]1(NC(=O)[C@@H]1C[C@@H](n2ncc(-c3ccsc3)c(-c3ccsc3)c2=O)CN1C(=O)[C@@H](NC(=O)OC1CCCC1)C(C)(C)C)C(=O)NS(=O)(=O)c1ccc(C(=O)O)cc1. The molecule has 4 amide bonds. The van der Waals surface area contributed by atoms with E-state index in [1.54, 1.807) is 27.0 Å². The Bertz CT molecular complexity index is 2510. The van der Waals surface area contributed by atoms with Crippen molar-refractivity contribution in [1.29, 1.82) is 0 Å². The number of alkyl carbamates (subject to hydrolysis) is 1. The predicted octanol–water partition coefficient (Wildman–Crippen LogP) is 5.19. The number of carbonyl (C=O) groups is 5. The molecular weight excluding hydrogens is 845 g/mol. The first-order valence-electron chi connectivity index (χ1n) is 19.7. The average Bonchev–Trinajstić information content (AvgIpc) is 3.90. The molecule has 3 fully saturated rings. The summed E-state index contributed by atoms with van der Waals surface area (Å²) >= 11 is 2.89. The molecule has 19 heteroatoms. The molecule has 1 saturated heterocycles. The molecule has 4 heterocycles. The van der Waals surface area contributed by atoms with Gasteiger partial charge in [-0.1, -0.05) is 26.8 Å². The van der Waals surface area contributed by atoms with E-state index in [9.17, 15) is 42.3 Å². The van der Waals surface area contributed by atoms with E-state index in [0.717, 1.165) is 42.7 Å². The topological polar surface area (TPSA) is 223 Å². The zero-order valence-electron chi connectivity index (χ0n) is 33.7. The molecule has 7 rings (SSSR count). The maximum absolute atomic E-state index is 14.8. The van der Waals surface area contributed by atoms with Crippen LogP contribution in [0.3, 0.4) is 0 Å². The monoisotopic (exact) mass is 890 g/mol. The van der Waals surface area contributed by atoms with Crippen molar-refractivity contribution in [3.63, 3.8) is 0 Å². The second kappa shape index (κ2) is 17.0. The number of thiophene rings is 2. The van der Waals surface area contributed by atoms with Crippen LogP contribution in [-0.2, 0) is 29.1 Å². The Balaban J connectivity index is 1.22. The van der Waals surface area contributed by atoms with Crippen molar-refractivity contribution >= 4 is 62.5 Å². The number of nitrogens with one attached hydrogen (secondary N) is 3. The van der Waals surface area contributed by atoms with Crippen LogP contribution >= 0.6 is 22.7 Å². The van der Waals surface area contributed by atoms with E-state index in [4.69, 9.17) is 4.74 Å². The molecule has 1 aliphatic heterocycles. The first-order chi connectivity index (χ1) is 28.9. The lowest BCUT2D eigenvalue weighted by Crippen LogP contribution is -2.60. The fraction of sp³-hybridized carbons (Fsp3) is 0.405. The molecular formula is C42H46N6O10S3. The highest BCUT2D eigenvalue weighted by Gasteiger charge is 2.61. The van der Waals surface area contributed by atoms with Crippen LogP contribution in [0.5, 0.6) is 0 Å². The summed E-state index contributed by atoms with van der Waals surface area (Å²) in [7, 11) is -4.54. The minimum atomic E-state index is -4.54. The quantitative estimate of drug-likeness (QED) is 0.128. The van der Waals surface area contributed by atoms with E-state index in [1.165, 1.54) is 38.3 Å². The predicted molar refractivity (Wildman–Crippen MR) is 227 cm³/mol. The Morgan fingerprint density at radius 2 is 1.67 bits per heavy atom. The first-order valence-corrected chi connectivity index (χ1v) is 23.1. The number of hydrogen-bond donors (Lipinski definition) is 4. The lowest BCUT2D eigenvalue weighted by molar-refractivity contribution is -0.142. The molecule has 16 nitrogen and oxygen atoms in total. The first kappa shape index (κ1) is 43.4. The van der Waals surface area contributed by atoms with Crippen LogP contribution in [-0.4, -0.2) is 88.3 Å². The van der Waals surface area contributed by atoms with Gasteiger partial charge in [-0.05, 0) is 107 Å². The van der Waals surface area contributed by atoms with E-state index in [-0.39, 0.29) is 35.9 Å². The third kappa shape index (κ3) is 8.90. The summed E-state index contributed by atoms with van der Waals surface area (Å²) in [5, 5.41) is 26.8. The van der Waals surface area contributed by atoms with Crippen LogP contribution in [0.4, 0.5) is 4.79 Å². The maximum atomic E-state index is 14.8. The third-order valence-electron chi connectivity index (χ3n) is 11.5. The third-order valence-corrected chi connectivity index (χ3v) is 14.2. The smallest absolute Gasteiger partial charge is 0.408 e. The lowest BCUT2D eigenvalue weighted by Gasteiger charge is -2.35. The number of likely N-dealkylation sites (tertiary alicyclic amines) is 1. The number of amides is 4. The number of rotatable bonds is 13. The normalized spacial score (nSPS) is 22.0. The molecule has 3 aliphatic rings. The second-order valence-corrected chi connectivity index (χ2v) is 19.9. The molecule has 0 spiro atoms. The molecule has 2 aliphatic carbocycles. The highest BCUT2D eigenvalue weighted by atomic mass is 32.2. The number of benzene rings is 1. The highest BCUT2D eigenvalue weighted by Crippen LogP contribution is 2.45. The van der Waals surface area contributed by atoms with Crippen molar-refractivity contribution < 1.29 is 42.2 Å². The molecule has 0 unspecified atom stereocenters. The van der Waals surface area contributed by atoms with Crippen molar-refractivity contribution in [2.45, 2.75) is 94.0 Å². The molecule has 1 aromatic carbocycles. The van der Waals surface area contributed by atoms with E-state index in [2.05, 4.69) is 22.3 Å². The van der Waals surface area contributed by atoms with Gasteiger partial charge in [-0.2, -0.15) is 27.8 Å². The molecule has 3 aromatic heterocycles. The van der Waals surface area contributed by atoms with Gasteiger partial charge in [-0.3, -0.25) is 19.2 Å². The van der Waals surface area contributed by atoms with E-state index >= 15 is 0 Å². The van der Waals surface area contributed by atoms with Crippen LogP contribution in [0.15, 0.2) is 86.5 Å². The Morgan fingerprint density at radius 1 is 1.02 bits per heavy atom. The lowest BCUT2D eigenvalue weighted by atomic mass is 9.85. The molecule has 0 bridgehead atoms. The van der Waals surface area contributed by atoms with Gasteiger partial charge in [0.25, 0.3) is 21.5 Å². The molecule has 61 heavy (non-hydrogen) atoms. The summed E-state index contributed by atoms with van der Waals surface area (Å²) in [6.45, 7) is 8.85. The molecule has 0 radical (unpaired) electrons. The van der Waals surface area contributed by atoms with Gasteiger partial charge < -0.3 is 25.4 Å². The number of carboxylic acids is 1. The Labute approximate surface area is 360 Å². The number of aromatic carboxylic acids is 1. The van der Waals surface area contributed by atoms with Gasteiger partial charge in [0.05, 0.1) is 28.3 Å². The fourth-order valence-electron chi connectivity index (χ4n) is 8.04.